The van der Waals surface area contributed by atoms with Crippen molar-refractivity contribution < 1.29 is 4.79 Å². The second-order valence-electron chi connectivity index (χ2n) is 5.60. The predicted molar refractivity (Wildman–Crippen MR) is 77.8 cm³/mol. The van der Waals surface area contributed by atoms with E-state index in [-0.39, 0.29) is 11.2 Å². The molecule has 0 saturated carbocycles. The number of rotatable bonds is 2. The summed E-state index contributed by atoms with van der Waals surface area (Å²) in [5.41, 5.74) is 1.54. The normalized spacial score (nSPS) is 11.5. The highest BCUT2D eigenvalue weighted by atomic mass is 16.1. The highest BCUT2D eigenvalue weighted by Gasteiger charge is 2.22. The van der Waals surface area contributed by atoms with Gasteiger partial charge >= 0.3 is 0 Å². The lowest BCUT2D eigenvalue weighted by atomic mass is 9.86. The maximum Gasteiger partial charge on any atom is 0.168 e. The fourth-order valence-corrected chi connectivity index (χ4v) is 1.97. The van der Waals surface area contributed by atoms with Crippen molar-refractivity contribution in [2.75, 3.05) is 0 Å². The van der Waals surface area contributed by atoms with Crippen LogP contribution in [0.25, 0.3) is 16.8 Å². The smallest absolute Gasteiger partial charge is 0.168 e. The van der Waals surface area contributed by atoms with E-state index >= 15 is 0 Å². The first-order valence-electron chi connectivity index (χ1n) is 6.13. The zero-order chi connectivity index (χ0) is 13.3. The molecule has 0 spiro atoms. The van der Waals surface area contributed by atoms with Crippen LogP contribution in [0.2, 0.25) is 0 Å². The number of carbonyl (C=O) groups excluding carboxylic acids is 1. The number of carbonyl (C=O) groups is 1. The van der Waals surface area contributed by atoms with Crippen LogP contribution >= 0.6 is 0 Å². The van der Waals surface area contributed by atoms with Crippen LogP contribution in [0.5, 0.6) is 0 Å². The highest BCUT2D eigenvalue weighted by molar-refractivity contribution is 6.03. The van der Waals surface area contributed by atoms with Gasteiger partial charge in [-0.05, 0) is 28.5 Å². The Morgan fingerprint density at radius 1 is 1.06 bits per heavy atom. The number of fused-ring (bicyclic) bond motifs is 1. The quantitative estimate of drug-likeness (QED) is 0.692. The molecule has 1 heteroatoms. The summed E-state index contributed by atoms with van der Waals surface area (Å²) in [6.07, 6.45) is 1.83. The number of Topliss-reactive ketones (excluding diaryl/α,β-unsaturated/α-hetero) is 1. The summed E-state index contributed by atoms with van der Waals surface area (Å²) in [5, 5.41) is 2.23. The summed E-state index contributed by atoms with van der Waals surface area (Å²) in [6.45, 7) is 9.60. The van der Waals surface area contributed by atoms with Gasteiger partial charge in [-0.15, -0.1) is 0 Å². The van der Waals surface area contributed by atoms with E-state index in [1.54, 1.807) is 0 Å². The van der Waals surface area contributed by atoms with Gasteiger partial charge in [0, 0.05) is 11.0 Å². The molecule has 0 unspecified atom stereocenters. The molecule has 0 atom stereocenters. The molecule has 0 bridgehead atoms. The molecular weight excluding hydrogens is 220 g/mol. The Labute approximate surface area is 108 Å². The van der Waals surface area contributed by atoms with E-state index in [0.717, 1.165) is 21.9 Å². The van der Waals surface area contributed by atoms with E-state index in [0.29, 0.717) is 0 Å². The lowest BCUT2D eigenvalue weighted by molar-refractivity contribution is 0.0858. The molecule has 92 valence electrons. The van der Waals surface area contributed by atoms with Crippen molar-refractivity contribution in [1.29, 1.82) is 0 Å². The highest BCUT2D eigenvalue weighted by Crippen LogP contribution is 2.24. The molecule has 0 aliphatic rings. The van der Waals surface area contributed by atoms with Crippen molar-refractivity contribution in [3.05, 3.63) is 54.1 Å². The molecule has 0 heterocycles. The fraction of sp³-hybridized carbons (Fsp3) is 0.235. The van der Waals surface area contributed by atoms with Gasteiger partial charge in [-0.1, -0.05) is 57.7 Å². The zero-order valence-corrected chi connectivity index (χ0v) is 11.2. The number of hydrogen-bond donors (Lipinski definition) is 0. The van der Waals surface area contributed by atoms with E-state index in [2.05, 4.69) is 12.6 Å². The maximum atomic E-state index is 12.2. The van der Waals surface area contributed by atoms with Crippen molar-refractivity contribution in [3.8, 4) is 0 Å². The van der Waals surface area contributed by atoms with Gasteiger partial charge in [-0.3, -0.25) is 4.79 Å². The van der Waals surface area contributed by atoms with Crippen molar-refractivity contribution in [2.45, 2.75) is 20.8 Å². The van der Waals surface area contributed by atoms with Crippen LogP contribution in [0.1, 0.15) is 36.7 Å². The minimum Gasteiger partial charge on any atom is -0.294 e. The SMILES string of the molecule is C=Cc1ccc2cc(C(=O)C(C)(C)C)ccc2c1. The summed E-state index contributed by atoms with van der Waals surface area (Å²) in [7, 11) is 0. The van der Waals surface area contributed by atoms with E-state index in [4.69, 9.17) is 0 Å². The Kier molecular flexibility index (Phi) is 3.08. The average Bonchev–Trinajstić information content (AvgIpc) is 2.35. The second-order valence-corrected chi connectivity index (χ2v) is 5.60. The number of ketones is 1. The van der Waals surface area contributed by atoms with Crippen LogP contribution in [-0.4, -0.2) is 5.78 Å². The van der Waals surface area contributed by atoms with Gasteiger partial charge in [-0.2, -0.15) is 0 Å². The van der Waals surface area contributed by atoms with E-state index in [1.807, 2.05) is 57.2 Å². The Morgan fingerprint density at radius 3 is 2.28 bits per heavy atom. The standard InChI is InChI=1S/C17H18O/c1-5-12-6-7-14-11-15(9-8-13(14)10-12)16(18)17(2,3)4/h5-11H,1H2,2-4H3. The van der Waals surface area contributed by atoms with Crippen LogP contribution in [-0.2, 0) is 0 Å². The van der Waals surface area contributed by atoms with Crippen LogP contribution < -0.4 is 0 Å². The second kappa shape index (κ2) is 4.41. The molecule has 0 fully saturated rings. The summed E-state index contributed by atoms with van der Waals surface area (Å²) in [5.74, 6) is 0.178. The van der Waals surface area contributed by atoms with Crippen LogP contribution in [0, 0.1) is 5.41 Å². The minimum atomic E-state index is -0.339. The summed E-state index contributed by atoms with van der Waals surface area (Å²) in [6, 6.07) is 12.0. The lowest BCUT2D eigenvalue weighted by Crippen LogP contribution is -2.19. The van der Waals surface area contributed by atoms with Gasteiger partial charge < -0.3 is 0 Å². The number of benzene rings is 2. The van der Waals surface area contributed by atoms with E-state index in [9.17, 15) is 4.79 Å². The molecule has 0 amide bonds. The summed E-state index contributed by atoms with van der Waals surface area (Å²) in [4.78, 5) is 12.2. The Balaban J connectivity index is 2.52. The molecule has 0 aromatic heterocycles. The first kappa shape index (κ1) is 12.6. The summed E-state index contributed by atoms with van der Waals surface area (Å²) >= 11 is 0. The van der Waals surface area contributed by atoms with E-state index in [1.165, 1.54) is 0 Å². The van der Waals surface area contributed by atoms with Gasteiger partial charge in [0.2, 0.25) is 0 Å². The van der Waals surface area contributed by atoms with Crippen molar-refractivity contribution in [1.82, 2.24) is 0 Å². The third-order valence-corrected chi connectivity index (χ3v) is 3.04. The predicted octanol–water partition coefficient (Wildman–Crippen LogP) is 4.71. The van der Waals surface area contributed by atoms with Gasteiger partial charge in [-0.25, -0.2) is 0 Å². The molecular formula is C17H18O. The maximum absolute atomic E-state index is 12.2. The number of hydrogen-bond acceptors (Lipinski definition) is 1. The van der Waals surface area contributed by atoms with Gasteiger partial charge in [0.1, 0.15) is 0 Å². The van der Waals surface area contributed by atoms with Gasteiger partial charge in [0.05, 0.1) is 0 Å². The molecule has 0 aliphatic carbocycles. The molecule has 0 N–H and O–H groups in total. The zero-order valence-electron chi connectivity index (χ0n) is 11.2. The summed E-state index contributed by atoms with van der Waals surface area (Å²) < 4.78 is 0. The van der Waals surface area contributed by atoms with Crippen molar-refractivity contribution in [3.63, 3.8) is 0 Å². The molecule has 2 rings (SSSR count). The van der Waals surface area contributed by atoms with Crippen LogP contribution in [0.3, 0.4) is 0 Å². The van der Waals surface area contributed by atoms with Crippen molar-refractivity contribution in [2.24, 2.45) is 5.41 Å². The largest absolute Gasteiger partial charge is 0.294 e. The molecule has 2 aromatic rings. The van der Waals surface area contributed by atoms with Crippen LogP contribution in [0.4, 0.5) is 0 Å². The Morgan fingerprint density at radius 2 is 1.67 bits per heavy atom. The van der Waals surface area contributed by atoms with Gasteiger partial charge in [0.25, 0.3) is 0 Å². The average molecular weight is 238 g/mol. The first-order valence-corrected chi connectivity index (χ1v) is 6.13. The first-order chi connectivity index (χ1) is 8.41. The molecule has 0 radical (unpaired) electrons. The monoisotopic (exact) mass is 238 g/mol. The molecule has 2 aromatic carbocycles. The Bertz CT molecular complexity index is 615. The molecule has 0 saturated heterocycles. The van der Waals surface area contributed by atoms with Gasteiger partial charge in [0.15, 0.2) is 5.78 Å². The fourth-order valence-electron chi connectivity index (χ4n) is 1.97. The minimum absolute atomic E-state index is 0.178. The third-order valence-electron chi connectivity index (χ3n) is 3.04. The molecule has 1 nitrogen and oxygen atoms in total. The lowest BCUT2D eigenvalue weighted by Gasteiger charge is -2.16. The van der Waals surface area contributed by atoms with Crippen LogP contribution in [0.15, 0.2) is 43.0 Å². The molecule has 0 aliphatic heterocycles. The van der Waals surface area contributed by atoms with E-state index < -0.39 is 0 Å². The molecule has 18 heavy (non-hydrogen) atoms. The Hall–Kier alpha value is -1.89. The topological polar surface area (TPSA) is 17.1 Å². The third kappa shape index (κ3) is 2.35. The van der Waals surface area contributed by atoms with Crippen molar-refractivity contribution >= 4 is 22.6 Å².